The predicted molar refractivity (Wildman–Crippen MR) is 38.2 cm³/mol. The van der Waals surface area contributed by atoms with Gasteiger partial charge in [0.25, 0.3) is 0 Å². The van der Waals surface area contributed by atoms with Crippen LogP contribution in [0, 0.1) is 0 Å². The fraction of sp³-hybridized carbons (Fsp3) is 1.00. The third-order valence-electron chi connectivity index (χ3n) is 0.850. The molecule has 16 heavy (non-hydrogen) atoms. The van der Waals surface area contributed by atoms with Crippen LogP contribution in [0.1, 0.15) is 0 Å². The molecular formula is C3H2F6NO4S2-. The highest BCUT2D eigenvalue weighted by atomic mass is 32.3. The average Bonchev–Trinajstić information content (AvgIpc) is 1.72. The molecule has 0 saturated carbocycles. The van der Waals surface area contributed by atoms with E-state index in [2.05, 4.69) is 0 Å². The Kier molecular flexibility index (Phi) is 3.89. The van der Waals surface area contributed by atoms with E-state index in [-0.39, 0.29) is 0 Å². The van der Waals surface area contributed by atoms with E-state index in [1.807, 2.05) is 0 Å². The highest BCUT2D eigenvalue weighted by molar-refractivity contribution is 8.12. The van der Waals surface area contributed by atoms with E-state index in [9.17, 15) is 43.2 Å². The van der Waals surface area contributed by atoms with Crippen LogP contribution >= 0.6 is 0 Å². The number of hydrogen-bond acceptors (Lipinski definition) is 4. The van der Waals surface area contributed by atoms with Gasteiger partial charge in [-0.3, -0.25) is 0 Å². The Morgan fingerprint density at radius 1 is 0.875 bits per heavy atom. The fourth-order valence-corrected chi connectivity index (χ4v) is 2.58. The van der Waals surface area contributed by atoms with E-state index in [1.165, 1.54) is 4.13 Å². The van der Waals surface area contributed by atoms with Gasteiger partial charge in [0.15, 0.2) is 10.0 Å². The highest BCUT2D eigenvalue weighted by Gasteiger charge is 2.42. The van der Waals surface area contributed by atoms with Crippen LogP contribution in [0.15, 0.2) is 0 Å². The van der Waals surface area contributed by atoms with Crippen LogP contribution in [0.2, 0.25) is 0 Å². The molecule has 0 aliphatic carbocycles. The molecule has 0 N–H and O–H groups in total. The minimum absolute atomic E-state index is 1.20. The maximum Gasteiger partial charge on any atom is 0.480 e. The molecule has 98 valence electrons. The van der Waals surface area contributed by atoms with Crippen molar-refractivity contribution in [2.75, 3.05) is 5.75 Å². The summed E-state index contributed by atoms with van der Waals surface area (Å²) in [5, 5.41) is 0. The Morgan fingerprint density at radius 2 is 1.25 bits per heavy atom. The van der Waals surface area contributed by atoms with E-state index in [0.717, 1.165) is 0 Å². The zero-order valence-corrected chi connectivity index (χ0v) is 8.50. The molecule has 0 bridgehead atoms. The number of sulfonamides is 2. The minimum atomic E-state index is -6.49. The molecule has 0 aromatic heterocycles. The van der Waals surface area contributed by atoms with Crippen LogP contribution in [0.3, 0.4) is 0 Å². The lowest BCUT2D eigenvalue weighted by atomic mass is 10.8. The van der Waals surface area contributed by atoms with Gasteiger partial charge in [0.05, 0.1) is 10.0 Å². The molecule has 0 aliphatic rings. The minimum Gasteiger partial charge on any atom is -0.428 e. The normalized spacial score (nSPS) is 15.1. The first-order chi connectivity index (χ1) is 6.66. The van der Waals surface area contributed by atoms with Gasteiger partial charge in [-0.2, -0.15) is 26.3 Å². The molecule has 0 aromatic carbocycles. The summed E-state index contributed by atoms with van der Waals surface area (Å²) in [6.07, 6.45) is -5.39. The molecule has 0 radical (unpaired) electrons. The van der Waals surface area contributed by atoms with Gasteiger partial charge in [-0.25, -0.2) is 16.8 Å². The lowest BCUT2D eigenvalue weighted by Gasteiger charge is -2.22. The van der Waals surface area contributed by atoms with Gasteiger partial charge in [-0.05, 0) is 0 Å². The highest BCUT2D eigenvalue weighted by Crippen LogP contribution is 2.31. The van der Waals surface area contributed by atoms with Crippen molar-refractivity contribution in [2.24, 2.45) is 0 Å². The Bertz CT molecular complexity index is 443. The van der Waals surface area contributed by atoms with Gasteiger partial charge in [-0.1, -0.05) is 0 Å². The summed E-state index contributed by atoms with van der Waals surface area (Å²) >= 11 is 0. The number of hydrogen-bond donors (Lipinski definition) is 0. The first kappa shape index (κ1) is 15.4. The van der Waals surface area contributed by atoms with Gasteiger partial charge >= 0.3 is 11.7 Å². The Morgan fingerprint density at radius 3 is 1.50 bits per heavy atom. The van der Waals surface area contributed by atoms with Gasteiger partial charge in [0, 0.05) is 0 Å². The first-order valence-corrected chi connectivity index (χ1v) is 6.06. The Hall–Kier alpha value is -0.560. The van der Waals surface area contributed by atoms with Crippen LogP contribution in [0.5, 0.6) is 0 Å². The van der Waals surface area contributed by atoms with Crippen molar-refractivity contribution in [1.29, 1.82) is 0 Å². The second kappa shape index (κ2) is 4.03. The van der Waals surface area contributed by atoms with Crippen molar-refractivity contribution in [1.82, 2.24) is 0 Å². The van der Waals surface area contributed by atoms with Crippen molar-refractivity contribution in [2.45, 2.75) is 11.7 Å². The monoisotopic (exact) mass is 294 g/mol. The molecule has 0 aromatic rings. The molecule has 0 rings (SSSR count). The summed E-state index contributed by atoms with van der Waals surface area (Å²) in [7, 11) is -12.3. The summed E-state index contributed by atoms with van der Waals surface area (Å²) < 4.78 is 111. The Labute approximate surface area is 85.5 Å². The number of alkyl halides is 6. The average molecular weight is 294 g/mol. The second-order valence-corrected chi connectivity index (χ2v) is 5.80. The van der Waals surface area contributed by atoms with E-state index < -0.39 is 37.5 Å². The van der Waals surface area contributed by atoms with E-state index in [1.54, 1.807) is 0 Å². The molecule has 0 aliphatic heterocycles. The lowest BCUT2D eigenvalue weighted by molar-refractivity contribution is -0.106. The number of halogens is 6. The molecule has 13 heteroatoms. The maximum absolute atomic E-state index is 11.6. The largest absolute Gasteiger partial charge is 0.480 e. The van der Waals surface area contributed by atoms with Crippen LogP contribution in [-0.2, 0) is 20.0 Å². The molecule has 0 atom stereocenters. The SMILES string of the molecule is O=S(=O)(CC(F)(F)F)[N-]S(=O)(=O)C(F)(F)F. The molecule has 0 spiro atoms. The van der Waals surface area contributed by atoms with Crippen molar-refractivity contribution in [3.63, 3.8) is 0 Å². The van der Waals surface area contributed by atoms with E-state index >= 15 is 0 Å². The predicted octanol–water partition coefficient (Wildman–Crippen LogP) is 1.10. The van der Waals surface area contributed by atoms with Crippen LogP contribution in [-0.4, -0.2) is 34.3 Å². The molecule has 0 heterocycles. The zero-order chi connectivity index (χ0) is 13.4. The third-order valence-corrected chi connectivity index (χ3v) is 3.82. The molecule has 5 nitrogen and oxygen atoms in total. The van der Waals surface area contributed by atoms with Gasteiger partial charge in [0.2, 0.25) is 0 Å². The van der Waals surface area contributed by atoms with Gasteiger partial charge in [-0.15, -0.1) is 0 Å². The lowest BCUT2D eigenvalue weighted by Crippen LogP contribution is -2.28. The zero-order valence-electron chi connectivity index (χ0n) is 6.87. The summed E-state index contributed by atoms with van der Waals surface area (Å²) in [6.45, 7) is 0. The van der Waals surface area contributed by atoms with Crippen molar-refractivity contribution >= 4 is 20.0 Å². The van der Waals surface area contributed by atoms with Gasteiger partial charge < -0.3 is 4.13 Å². The summed E-state index contributed by atoms with van der Waals surface area (Å²) in [4.78, 5) is 0. The first-order valence-electron chi connectivity index (χ1n) is 3.01. The van der Waals surface area contributed by atoms with Gasteiger partial charge in [0.1, 0.15) is 5.75 Å². The summed E-state index contributed by atoms with van der Waals surface area (Å²) in [5.74, 6) is -2.78. The van der Waals surface area contributed by atoms with Crippen molar-refractivity contribution in [3.05, 3.63) is 4.13 Å². The standard InChI is InChI=1S/C3H2F6NO4S2/c4-2(5,6)1-15(11,12)10-16(13,14)3(7,8)9/h1H2/q-1. The second-order valence-electron chi connectivity index (χ2n) is 2.34. The smallest absolute Gasteiger partial charge is 0.428 e. The van der Waals surface area contributed by atoms with Crippen molar-refractivity contribution < 1.29 is 43.2 Å². The number of rotatable bonds is 3. The molecule has 0 unspecified atom stereocenters. The van der Waals surface area contributed by atoms with Crippen molar-refractivity contribution in [3.8, 4) is 0 Å². The van der Waals surface area contributed by atoms with Crippen LogP contribution in [0.25, 0.3) is 4.13 Å². The summed E-state index contributed by atoms with van der Waals surface area (Å²) in [5.41, 5.74) is -6.06. The molecular weight excluding hydrogens is 292 g/mol. The van der Waals surface area contributed by atoms with E-state index in [0.29, 0.717) is 0 Å². The van der Waals surface area contributed by atoms with E-state index in [4.69, 9.17) is 0 Å². The molecule has 0 amide bonds. The van der Waals surface area contributed by atoms with Crippen LogP contribution in [0.4, 0.5) is 26.3 Å². The quantitative estimate of drug-likeness (QED) is 0.730. The number of nitrogens with zero attached hydrogens (tertiary/aromatic N) is 1. The van der Waals surface area contributed by atoms with Crippen LogP contribution < -0.4 is 0 Å². The Balaban J connectivity index is 5.03. The molecule has 0 saturated heterocycles. The summed E-state index contributed by atoms with van der Waals surface area (Å²) in [6, 6.07) is 0. The molecule has 0 fully saturated rings. The maximum atomic E-state index is 11.6. The third kappa shape index (κ3) is 4.98. The fourth-order valence-electron chi connectivity index (χ4n) is 0.425. The topological polar surface area (TPSA) is 82.4 Å².